The van der Waals surface area contributed by atoms with Gasteiger partial charge in [0, 0.05) is 22.7 Å². The number of carboxylic acid groups (broad SMARTS) is 2. The summed E-state index contributed by atoms with van der Waals surface area (Å²) in [6.07, 6.45) is -0.397. The van der Waals surface area contributed by atoms with Gasteiger partial charge in [-0.15, -0.1) is 11.8 Å². The van der Waals surface area contributed by atoms with E-state index in [1.807, 2.05) is 6.07 Å². The molecule has 3 aromatic rings. The smallest absolute Gasteiger partial charge is 0.339 e. The zero-order valence-electron chi connectivity index (χ0n) is 18.3. The number of carbonyl (C=O) groups excluding carboxylic acids is 2. The van der Waals surface area contributed by atoms with E-state index in [0.29, 0.717) is 5.69 Å². The number of phenols is 1. The first-order valence-corrected chi connectivity index (χ1v) is 11.3. The second-order valence-electron chi connectivity index (χ2n) is 7.40. The Morgan fingerprint density at radius 3 is 2.09 bits per heavy atom. The fraction of sp³-hybridized carbons (Fsp3) is 0.120. The summed E-state index contributed by atoms with van der Waals surface area (Å²) in [5, 5.41) is 32.2. The molecule has 0 aliphatic rings. The predicted molar refractivity (Wildman–Crippen MR) is 131 cm³/mol. The Kier molecular flexibility index (Phi) is 8.47. The number of anilines is 2. The summed E-state index contributed by atoms with van der Waals surface area (Å²) in [7, 11) is 0. The van der Waals surface area contributed by atoms with Crippen molar-refractivity contribution in [2.24, 2.45) is 0 Å². The molecular weight excluding hydrogens is 472 g/mol. The number of aromatic hydroxyl groups is 1. The Morgan fingerprint density at radius 1 is 0.800 bits per heavy atom. The molecule has 1 atom stereocenters. The van der Waals surface area contributed by atoms with Crippen molar-refractivity contribution < 1.29 is 34.5 Å². The van der Waals surface area contributed by atoms with Gasteiger partial charge in [0.15, 0.2) is 0 Å². The molecule has 180 valence electrons. The van der Waals surface area contributed by atoms with E-state index in [4.69, 9.17) is 5.11 Å². The topological polar surface area (TPSA) is 153 Å². The number of thioether (sulfide) groups is 1. The molecule has 1 unspecified atom stereocenters. The van der Waals surface area contributed by atoms with Gasteiger partial charge in [0.2, 0.25) is 11.8 Å². The van der Waals surface area contributed by atoms with Crippen LogP contribution < -0.4 is 10.6 Å². The van der Waals surface area contributed by atoms with E-state index in [9.17, 15) is 29.4 Å². The number of rotatable bonds is 10. The average Bonchev–Trinajstić information content (AvgIpc) is 2.83. The molecule has 0 fully saturated rings. The molecule has 0 radical (unpaired) electrons. The number of amides is 2. The van der Waals surface area contributed by atoms with E-state index >= 15 is 0 Å². The number of hydrogen-bond donors (Lipinski definition) is 5. The highest BCUT2D eigenvalue weighted by Gasteiger charge is 2.23. The highest BCUT2D eigenvalue weighted by atomic mass is 32.2. The van der Waals surface area contributed by atoms with Crippen LogP contribution in [0.4, 0.5) is 11.4 Å². The summed E-state index contributed by atoms with van der Waals surface area (Å²) in [6, 6.07) is 19.6. The van der Waals surface area contributed by atoms with Crippen molar-refractivity contribution in [1.29, 1.82) is 0 Å². The molecule has 0 saturated heterocycles. The van der Waals surface area contributed by atoms with Gasteiger partial charge in [-0.3, -0.25) is 14.4 Å². The monoisotopic (exact) mass is 494 g/mol. The molecule has 0 aliphatic heterocycles. The summed E-state index contributed by atoms with van der Waals surface area (Å²) in [4.78, 5) is 47.6. The first-order chi connectivity index (χ1) is 16.7. The lowest BCUT2D eigenvalue weighted by Gasteiger charge is -2.18. The molecular formula is C25H22N2O7S. The maximum atomic E-state index is 13.2. The largest absolute Gasteiger partial charge is 0.507 e. The third kappa shape index (κ3) is 7.34. The van der Waals surface area contributed by atoms with Crippen molar-refractivity contribution in [1.82, 2.24) is 0 Å². The van der Waals surface area contributed by atoms with Crippen LogP contribution in [0.25, 0.3) is 0 Å². The van der Waals surface area contributed by atoms with Crippen molar-refractivity contribution in [2.45, 2.75) is 23.0 Å². The second-order valence-corrected chi connectivity index (χ2v) is 8.58. The van der Waals surface area contributed by atoms with Gasteiger partial charge in [-0.2, -0.15) is 0 Å². The molecule has 3 aromatic carbocycles. The minimum absolute atomic E-state index is 0.136. The van der Waals surface area contributed by atoms with Crippen LogP contribution in [0.5, 0.6) is 5.75 Å². The zero-order valence-corrected chi connectivity index (χ0v) is 19.1. The quantitative estimate of drug-likeness (QED) is 0.206. The fourth-order valence-corrected chi connectivity index (χ4v) is 4.12. The SMILES string of the molecule is O=C(O)CCC(=O)Nc1ccc(SC(C(=O)Nc2ccc(O)c(C(=O)O)c2)c2ccccc2)cc1. The first kappa shape index (κ1) is 25.3. The van der Waals surface area contributed by atoms with E-state index in [1.54, 1.807) is 48.5 Å². The standard InChI is InChI=1S/C25H22N2O7S/c28-20-11-8-17(14-19(20)25(33)34)27-24(32)23(15-4-2-1-3-5-15)35-18-9-6-16(7-10-18)26-21(29)12-13-22(30)31/h1-11,14,23,28H,12-13H2,(H,26,29)(H,27,32)(H,30,31)(H,33,34). The van der Waals surface area contributed by atoms with Crippen LogP contribution in [0.15, 0.2) is 77.7 Å². The van der Waals surface area contributed by atoms with E-state index in [0.717, 1.165) is 10.5 Å². The Labute approximate surface area is 204 Å². The average molecular weight is 495 g/mol. The molecule has 10 heteroatoms. The first-order valence-electron chi connectivity index (χ1n) is 10.4. The van der Waals surface area contributed by atoms with Gasteiger partial charge >= 0.3 is 11.9 Å². The van der Waals surface area contributed by atoms with Gasteiger partial charge in [-0.1, -0.05) is 30.3 Å². The van der Waals surface area contributed by atoms with Crippen molar-refractivity contribution in [3.05, 3.63) is 83.9 Å². The highest BCUT2D eigenvalue weighted by molar-refractivity contribution is 8.00. The third-order valence-corrected chi connectivity index (χ3v) is 6.06. The summed E-state index contributed by atoms with van der Waals surface area (Å²) in [5.74, 6) is -3.58. The second kappa shape index (κ2) is 11.7. The zero-order chi connectivity index (χ0) is 25.4. The molecule has 3 rings (SSSR count). The lowest BCUT2D eigenvalue weighted by atomic mass is 10.1. The molecule has 0 heterocycles. The van der Waals surface area contributed by atoms with E-state index < -0.39 is 34.8 Å². The Balaban J connectivity index is 1.75. The molecule has 35 heavy (non-hydrogen) atoms. The third-order valence-electron chi connectivity index (χ3n) is 4.79. The van der Waals surface area contributed by atoms with E-state index in [1.165, 1.54) is 30.0 Å². The lowest BCUT2D eigenvalue weighted by Crippen LogP contribution is -2.19. The van der Waals surface area contributed by atoms with E-state index in [-0.39, 0.29) is 24.1 Å². The highest BCUT2D eigenvalue weighted by Crippen LogP contribution is 2.37. The van der Waals surface area contributed by atoms with Gasteiger partial charge in [-0.05, 0) is 48.0 Å². The number of aliphatic carboxylic acids is 1. The minimum Gasteiger partial charge on any atom is -0.507 e. The molecule has 0 aliphatic carbocycles. The number of carbonyl (C=O) groups is 4. The fourth-order valence-electron chi connectivity index (χ4n) is 3.09. The van der Waals surface area contributed by atoms with Gasteiger partial charge in [0.25, 0.3) is 0 Å². The Bertz CT molecular complexity index is 1230. The van der Waals surface area contributed by atoms with Crippen LogP contribution in [-0.2, 0) is 14.4 Å². The molecule has 0 saturated carbocycles. The van der Waals surface area contributed by atoms with Crippen molar-refractivity contribution >= 4 is 46.9 Å². The number of benzene rings is 3. The molecule has 9 nitrogen and oxygen atoms in total. The number of aromatic carboxylic acids is 1. The van der Waals surface area contributed by atoms with Crippen LogP contribution in [0.3, 0.4) is 0 Å². The van der Waals surface area contributed by atoms with E-state index in [2.05, 4.69) is 10.6 Å². The predicted octanol–water partition coefficient (Wildman–Crippen LogP) is 4.37. The van der Waals surface area contributed by atoms with Crippen molar-refractivity contribution in [3.8, 4) is 5.75 Å². The Hall–Kier alpha value is -4.31. The summed E-state index contributed by atoms with van der Waals surface area (Å²) < 4.78 is 0. The van der Waals surface area contributed by atoms with Gasteiger partial charge in [0.05, 0.1) is 6.42 Å². The normalized spacial score (nSPS) is 11.3. The van der Waals surface area contributed by atoms with Crippen LogP contribution >= 0.6 is 11.8 Å². The molecule has 5 N–H and O–H groups in total. The number of carboxylic acids is 2. The lowest BCUT2D eigenvalue weighted by molar-refractivity contribution is -0.138. The van der Waals surface area contributed by atoms with Crippen molar-refractivity contribution in [2.75, 3.05) is 10.6 Å². The summed E-state index contributed by atoms with van der Waals surface area (Å²) in [5.41, 5.74) is 1.12. The molecule has 0 bridgehead atoms. The van der Waals surface area contributed by atoms with Gasteiger partial charge in [0.1, 0.15) is 16.6 Å². The summed E-state index contributed by atoms with van der Waals surface area (Å²) in [6.45, 7) is 0. The van der Waals surface area contributed by atoms with Gasteiger partial charge in [-0.25, -0.2) is 4.79 Å². The number of nitrogens with one attached hydrogen (secondary N) is 2. The van der Waals surface area contributed by atoms with Crippen LogP contribution in [-0.4, -0.2) is 39.1 Å². The van der Waals surface area contributed by atoms with Crippen molar-refractivity contribution in [3.63, 3.8) is 0 Å². The maximum absolute atomic E-state index is 13.2. The van der Waals surface area contributed by atoms with Crippen LogP contribution in [0.1, 0.15) is 34.0 Å². The van der Waals surface area contributed by atoms with Crippen LogP contribution in [0, 0.1) is 0 Å². The Morgan fingerprint density at radius 2 is 1.46 bits per heavy atom. The molecule has 0 aromatic heterocycles. The molecule has 0 spiro atoms. The summed E-state index contributed by atoms with van der Waals surface area (Å²) >= 11 is 1.26. The number of hydrogen-bond acceptors (Lipinski definition) is 6. The minimum atomic E-state index is -1.32. The molecule has 2 amide bonds. The van der Waals surface area contributed by atoms with Gasteiger partial charge < -0.3 is 26.0 Å². The maximum Gasteiger partial charge on any atom is 0.339 e. The van der Waals surface area contributed by atoms with Crippen LogP contribution in [0.2, 0.25) is 0 Å².